The van der Waals surface area contributed by atoms with Gasteiger partial charge in [0.05, 0.1) is 10.7 Å². The van der Waals surface area contributed by atoms with E-state index in [9.17, 15) is 0 Å². The molecule has 138 valence electrons. The van der Waals surface area contributed by atoms with Gasteiger partial charge in [-0.05, 0) is 56.1 Å². The third-order valence-corrected chi connectivity index (χ3v) is 6.84. The van der Waals surface area contributed by atoms with Crippen molar-refractivity contribution >= 4 is 17.3 Å². The lowest BCUT2D eigenvalue weighted by Crippen LogP contribution is -2.38. The fourth-order valence-corrected chi connectivity index (χ4v) is 5.14. The van der Waals surface area contributed by atoms with Crippen molar-refractivity contribution in [3.8, 4) is 0 Å². The van der Waals surface area contributed by atoms with Gasteiger partial charge in [0, 0.05) is 30.9 Å². The predicted octanol–water partition coefficient (Wildman–Crippen LogP) is 3.44. The summed E-state index contributed by atoms with van der Waals surface area (Å²) in [5, 5.41) is 8.05. The molecule has 1 saturated carbocycles. The van der Waals surface area contributed by atoms with E-state index in [1.165, 1.54) is 16.3 Å². The van der Waals surface area contributed by atoms with Crippen LogP contribution in [0.4, 0.5) is 0 Å². The molecule has 0 saturated heterocycles. The van der Waals surface area contributed by atoms with Crippen LogP contribution in [0.2, 0.25) is 0 Å². The minimum Gasteiger partial charge on any atom is -0.357 e. The van der Waals surface area contributed by atoms with Gasteiger partial charge in [0.15, 0.2) is 5.96 Å². The number of fused-ring (bicyclic) bond motifs is 3. The van der Waals surface area contributed by atoms with Crippen LogP contribution in [-0.2, 0) is 12.8 Å². The zero-order valence-corrected chi connectivity index (χ0v) is 16.7. The van der Waals surface area contributed by atoms with E-state index in [2.05, 4.69) is 60.7 Å². The van der Waals surface area contributed by atoms with Gasteiger partial charge in [0.1, 0.15) is 0 Å². The number of aromatic nitrogens is 1. The molecule has 3 unspecified atom stereocenters. The molecule has 4 rings (SSSR count). The largest absolute Gasteiger partial charge is 0.357 e. The second-order valence-electron chi connectivity index (χ2n) is 7.40. The van der Waals surface area contributed by atoms with Crippen molar-refractivity contribution in [2.75, 3.05) is 19.6 Å². The number of benzene rings is 1. The number of rotatable bonds is 6. The van der Waals surface area contributed by atoms with Crippen LogP contribution in [0.15, 0.2) is 29.3 Å². The van der Waals surface area contributed by atoms with Gasteiger partial charge in [-0.3, -0.25) is 4.99 Å². The Morgan fingerprint density at radius 1 is 1.27 bits per heavy atom. The molecule has 1 aromatic heterocycles. The summed E-state index contributed by atoms with van der Waals surface area (Å²) in [5.74, 6) is 3.24. The molecule has 2 aliphatic rings. The Morgan fingerprint density at radius 3 is 2.88 bits per heavy atom. The van der Waals surface area contributed by atoms with E-state index in [1.54, 1.807) is 22.5 Å². The molecule has 0 radical (unpaired) electrons. The third kappa shape index (κ3) is 3.50. The van der Waals surface area contributed by atoms with Crippen LogP contribution in [0, 0.1) is 25.7 Å². The molecule has 0 spiro atoms. The molecule has 0 aliphatic heterocycles. The van der Waals surface area contributed by atoms with Crippen molar-refractivity contribution in [2.45, 2.75) is 39.5 Å². The first-order valence-electron chi connectivity index (χ1n) is 9.70. The monoisotopic (exact) mass is 368 g/mol. The smallest absolute Gasteiger partial charge is 0.191 e. The first-order valence-corrected chi connectivity index (χ1v) is 10.5. The molecule has 1 aromatic carbocycles. The normalized spacial score (nSPS) is 23.5. The molecule has 2 aromatic rings. The maximum Gasteiger partial charge on any atom is 0.191 e. The van der Waals surface area contributed by atoms with E-state index in [1.807, 2.05) is 0 Å². The van der Waals surface area contributed by atoms with Crippen LogP contribution in [-0.4, -0.2) is 30.6 Å². The molecule has 2 aliphatic carbocycles. The summed E-state index contributed by atoms with van der Waals surface area (Å²) in [6.45, 7) is 9.03. The lowest BCUT2D eigenvalue weighted by Gasteiger charge is -2.11. The lowest BCUT2D eigenvalue weighted by atomic mass is 10.0. The van der Waals surface area contributed by atoms with Crippen molar-refractivity contribution in [1.82, 2.24) is 15.6 Å². The summed E-state index contributed by atoms with van der Waals surface area (Å²) in [6, 6.07) is 8.93. The van der Waals surface area contributed by atoms with E-state index in [4.69, 9.17) is 4.99 Å². The SMILES string of the molecule is CCNC(=NCC1C2Cc3ccccc3C12)NCCc1nc(C)c(C)s1. The van der Waals surface area contributed by atoms with E-state index >= 15 is 0 Å². The van der Waals surface area contributed by atoms with Gasteiger partial charge in [-0.1, -0.05) is 24.3 Å². The Kier molecular flexibility index (Phi) is 4.98. The van der Waals surface area contributed by atoms with Crippen LogP contribution < -0.4 is 10.6 Å². The topological polar surface area (TPSA) is 49.3 Å². The Hall–Kier alpha value is -1.88. The summed E-state index contributed by atoms with van der Waals surface area (Å²) in [4.78, 5) is 10.8. The van der Waals surface area contributed by atoms with Crippen LogP contribution >= 0.6 is 11.3 Å². The second-order valence-corrected chi connectivity index (χ2v) is 8.69. The second kappa shape index (κ2) is 7.39. The standard InChI is InChI=1S/C21H28N4S/c1-4-22-21(23-10-9-19-25-13(2)14(3)26-19)24-12-18-17-11-15-7-5-6-8-16(15)20(17)18/h5-8,17-18,20H,4,9-12H2,1-3H3,(H2,22,23,24). The minimum absolute atomic E-state index is 0.726. The quantitative estimate of drug-likeness (QED) is 0.606. The number of thiazole rings is 1. The van der Waals surface area contributed by atoms with Crippen molar-refractivity contribution in [3.63, 3.8) is 0 Å². The highest BCUT2D eigenvalue weighted by Gasteiger charge is 2.54. The Bertz CT molecular complexity index is 791. The molecule has 5 heteroatoms. The summed E-state index contributed by atoms with van der Waals surface area (Å²) in [7, 11) is 0. The molecule has 2 N–H and O–H groups in total. The maximum atomic E-state index is 4.86. The Balaban J connectivity index is 1.30. The Labute approximate surface area is 160 Å². The van der Waals surface area contributed by atoms with Crippen LogP contribution in [0.1, 0.15) is 39.5 Å². The van der Waals surface area contributed by atoms with Crippen molar-refractivity contribution in [1.29, 1.82) is 0 Å². The molecule has 0 amide bonds. The number of hydrogen-bond acceptors (Lipinski definition) is 3. The first kappa shape index (κ1) is 17.5. The van der Waals surface area contributed by atoms with Gasteiger partial charge in [-0.2, -0.15) is 0 Å². The highest BCUT2D eigenvalue weighted by Crippen LogP contribution is 2.61. The van der Waals surface area contributed by atoms with E-state index < -0.39 is 0 Å². The summed E-state index contributed by atoms with van der Waals surface area (Å²) in [6.07, 6.45) is 2.19. The number of aryl methyl sites for hydroxylation is 2. The highest BCUT2D eigenvalue weighted by molar-refractivity contribution is 7.11. The number of nitrogens with zero attached hydrogens (tertiary/aromatic N) is 2. The average molecular weight is 369 g/mol. The van der Waals surface area contributed by atoms with Crippen molar-refractivity contribution in [3.05, 3.63) is 51.0 Å². The maximum absolute atomic E-state index is 4.86. The zero-order valence-electron chi connectivity index (χ0n) is 15.9. The number of nitrogens with one attached hydrogen (secondary N) is 2. The number of hydrogen-bond donors (Lipinski definition) is 2. The van der Waals surface area contributed by atoms with E-state index in [0.29, 0.717) is 0 Å². The summed E-state index contributed by atoms with van der Waals surface area (Å²) < 4.78 is 0. The van der Waals surface area contributed by atoms with Gasteiger partial charge in [0.25, 0.3) is 0 Å². The van der Waals surface area contributed by atoms with Crippen molar-refractivity contribution in [2.24, 2.45) is 16.8 Å². The predicted molar refractivity (Wildman–Crippen MR) is 109 cm³/mol. The van der Waals surface area contributed by atoms with Gasteiger partial charge >= 0.3 is 0 Å². The number of aliphatic imine (C=N–C) groups is 1. The molecule has 3 atom stereocenters. The minimum atomic E-state index is 0.726. The average Bonchev–Trinajstić information content (AvgIpc) is 2.99. The highest BCUT2D eigenvalue weighted by atomic mass is 32.1. The third-order valence-electron chi connectivity index (χ3n) is 5.71. The van der Waals surface area contributed by atoms with Crippen LogP contribution in [0.5, 0.6) is 0 Å². The van der Waals surface area contributed by atoms with E-state index in [-0.39, 0.29) is 0 Å². The first-order chi connectivity index (χ1) is 12.7. The fourth-order valence-electron chi connectivity index (χ4n) is 4.21. The molecule has 1 heterocycles. The molecular weight excluding hydrogens is 340 g/mol. The number of guanidine groups is 1. The molecular formula is C21H28N4S. The summed E-state index contributed by atoms with van der Waals surface area (Å²) in [5.41, 5.74) is 4.29. The molecule has 0 bridgehead atoms. The molecule has 26 heavy (non-hydrogen) atoms. The van der Waals surface area contributed by atoms with E-state index in [0.717, 1.165) is 55.5 Å². The molecule has 4 nitrogen and oxygen atoms in total. The fraction of sp³-hybridized carbons (Fsp3) is 0.524. The van der Waals surface area contributed by atoms with Gasteiger partial charge < -0.3 is 10.6 Å². The van der Waals surface area contributed by atoms with Crippen LogP contribution in [0.25, 0.3) is 0 Å². The van der Waals surface area contributed by atoms with Gasteiger partial charge in [-0.15, -0.1) is 11.3 Å². The zero-order chi connectivity index (χ0) is 18.1. The summed E-state index contributed by atoms with van der Waals surface area (Å²) >= 11 is 1.80. The van der Waals surface area contributed by atoms with Crippen LogP contribution in [0.3, 0.4) is 0 Å². The Morgan fingerprint density at radius 2 is 2.12 bits per heavy atom. The van der Waals surface area contributed by atoms with Crippen molar-refractivity contribution < 1.29 is 0 Å². The van der Waals surface area contributed by atoms with Gasteiger partial charge in [0.2, 0.25) is 0 Å². The van der Waals surface area contributed by atoms with Gasteiger partial charge in [-0.25, -0.2) is 4.98 Å². The molecule has 1 fully saturated rings. The lowest BCUT2D eigenvalue weighted by molar-refractivity contribution is 0.691.